The Kier molecular flexibility index (Phi) is 4.97. The highest BCUT2D eigenvalue weighted by molar-refractivity contribution is 7.90. The van der Waals surface area contributed by atoms with Gasteiger partial charge in [-0.1, -0.05) is 11.8 Å². The normalized spacial score (nSPS) is 10.4. The molecule has 0 fully saturated rings. The molecule has 1 rings (SSSR count). The van der Waals surface area contributed by atoms with Crippen molar-refractivity contribution in [2.24, 2.45) is 5.73 Å². The van der Waals surface area contributed by atoms with E-state index < -0.39 is 10.2 Å². The van der Waals surface area contributed by atoms with Gasteiger partial charge in [0.2, 0.25) is 0 Å². The van der Waals surface area contributed by atoms with Crippen molar-refractivity contribution in [2.75, 3.05) is 25.4 Å². The molecule has 0 aliphatic heterocycles. The lowest BCUT2D eigenvalue weighted by atomic mass is 10.2. The third-order valence-electron chi connectivity index (χ3n) is 2.05. The Morgan fingerprint density at radius 1 is 1.44 bits per heavy atom. The molecule has 18 heavy (non-hydrogen) atoms. The van der Waals surface area contributed by atoms with Crippen LogP contribution >= 0.6 is 0 Å². The van der Waals surface area contributed by atoms with Crippen LogP contribution in [0.5, 0.6) is 5.75 Å². The van der Waals surface area contributed by atoms with Gasteiger partial charge in [-0.05, 0) is 18.2 Å². The molecule has 0 bridgehead atoms. The fourth-order valence-electron chi connectivity index (χ4n) is 1.21. The zero-order valence-corrected chi connectivity index (χ0v) is 11.0. The van der Waals surface area contributed by atoms with Crippen molar-refractivity contribution in [3.8, 4) is 17.6 Å². The van der Waals surface area contributed by atoms with E-state index in [1.54, 1.807) is 18.2 Å². The molecular weight excluding hydrogens is 254 g/mol. The van der Waals surface area contributed by atoms with Crippen LogP contribution in [0.25, 0.3) is 0 Å². The topological polar surface area (TPSA) is 93.5 Å². The van der Waals surface area contributed by atoms with Crippen LogP contribution in [0.1, 0.15) is 5.56 Å². The summed E-state index contributed by atoms with van der Waals surface area (Å²) >= 11 is 0. The van der Waals surface area contributed by atoms with Crippen molar-refractivity contribution in [2.45, 2.75) is 0 Å². The lowest BCUT2D eigenvalue weighted by Crippen LogP contribution is -2.26. The second-order valence-corrected chi connectivity index (χ2v) is 4.85. The van der Waals surface area contributed by atoms with Crippen LogP contribution in [0.3, 0.4) is 0 Å². The average Bonchev–Trinajstić information content (AvgIpc) is 2.36. The van der Waals surface area contributed by atoms with Crippen LogP contribution in [0.4, 0.5) is 5.69 Å². The lowest BCUT2D eigenvalue weighted by Gasteiger charge is -2.11. The predicted octanol–water partition coefficient (Wildman–Crippen LogP) is -0.118. The molecule has 0 unspecified atom stereocenters. The maximum Gasteiger partial charge on any atom is 0.298 e. The second-order valence-electron chi connectivity index (χ2n) is 3.23. The first kappa shape index (κ1) is 14.3. The molecule has 0 heterocycles. The third kappa shape index (κ3) is 3.92. The van der Waals surface area contributed by atoms with Crippen LogP contribution in [0.15, 0.2) is 18.2 Å². The van der Waals surface area contributed by atoms with Crippen LogP contribution in [0, 0.1) is 11.8 Å². The molecule has 1 aromatic carbocycles. The van der Waals surface area contributed by atoms with E-state index in [0.29, 0.717) is 17.0 Å². The molecule has 0 spiro atoms. The first-order valence-electron chi connectivity index (χ1n) is 5.10. The van der Waals surface area contributed by atoms with E-state index in [1.807, 2.05) is 0 Å². The molecule has 0 saturated carbocycles. The average molecular weight is 269 g/mol. The molecule has 0 aliphatic rings. The summed E-state index contributed by atoms with van der Waals surface area (Å²) in [7, 11) is -0.827. The van der Waals surface area contributed by atoms with E-state index in [2.05, 4.69) is 21.3 Å². The molecule has 0 radical (unpaired) electrons. The van der Waals surface area contributed by atoms with E-state index in [1.165, 1.54) is 14.2 Å². The van der Waals surface area contributed by atoms with Gasteiger partial charge in [0.05, 0.1) is 19.3 Å². The number of benzene rings is 1. The van der Waals surface area contributed by atoms with Crippen molar-refractivity contribution < 1.29 is 13.2 Å². The second kappa shape index (κ2) is 6.26. The molecule has 98 valence electrons. The van der Waals surface area contributed by atoms with Gasteiger partial charge in [-0.3, -0.25) is 4.72 Å². The van der Waals surface area contributed by atoms with E-state index in [-0.39, 0.29) is 6.54 Å². The molecule has 6 nitrogen and oxygen atoms in total. The quantitative estimate of drug-likeness (QED) is 0.664. The van der Waals surface area contributed by atoms with Gasteiger partial charge >= 0.3 is 0 Å². The molecule has 0 saturated heterocycles. The minimum absolute atomic E-state index is 0.240. The summed E-state index contributed by atoms with van der Waals surface area (Å²) in [5, 5.41) is 0. The molecule has 0 atom stereocenters. The Balaban J connectivity index is 3.14. The Hall–Kier alpha value is -1.75. The van der Waals surface area contributed by atoms with Crippen molar-refractivity contribution in [3.63, 3.8) is 0 Å². The summed E-state index contributed by atoms with van der Waals surface area (Å²) in [6.07, 6.45) is 0. The first-order valence-corrected chi connectivity index (χ1v) is 6.59. The van der Waals surface area contributed by atoms with Crippen LogP contribution in [-0.4, -0.2) is 29.1 Å². The fourth-order valence-corrected chi connectivity index (χ4v) is 1.77. The van der Waals surface area contributed by atoms with E-state index in [9.17, 15) is 8.42 Å². The molecule has 7 heteroatoms. The van der Waals surface area contributed by atoms with Gasteiger partial charge in [-0.25, -0.2) is 4.72 Å². The van der Waals surface area contributed by atoms with E-state index in [0.717, 1.165) is 0 Å². The van der Waals surface area contributed by atoms with Gasteiger partial charge in [-0.2, -0.15) is 8.42 Å². The van der Waals surface area contributed by atoms with Crippen LogP contribution in [-0.2, 0) is 10.2 Å². The van der Waals surface area contributed by atoms with Crippen molar-refractivity contribution >= 4 is 15.9 Å². The molecule has 0 aliphatic carbocycles. The van der Waals surface area contributed by atoms with Crippen molar-refractivity contribution in [1.82, 2.24) is 4.72 Å². The summed E-state index contributed by atoms with van der Waals surface area (Å²) in [6.45, 7) is 0.240. The summed E-state index contributed by atoms with van der Waals surface area (Å²) < 4.78 is 32.4. The zero-order valence-electron chi connectivity index (χ0n) is 10.1. The standard InChI is InChI=1S/C11H15N3O3S/c1-13-18(15,16)14-10-8-9(4-3-7-12)5-6-11(10)17-2/h5-6,8,13-14H,7,12H2,1-2H3. The predicted molar refractivity (Wildman–Crippen MR) is 70.5 cm³/mol. The Morgan fingerprint density at radius 3 is 2.72 bits per heavy atom. The lowest BCUT2D eigenvalue weighted by molar-refractivity contribution is 0.417. The van der Waals surface area contributed by atoms with Crippen LogP contribution in [0.2, 0.25) is 0 Å². The van der Waals surface area contributed by atoms with Gasteiger partial charge in [0, 0.05) is 12.6 Å². The Labute approximate surface area is 107 Å². The Bertz CT molecular complexity index is 573. The minimum atomic E-state index is -3.60. The highest BCUT2D eigenvalue weighted by atomic mass is 32.2. The number of anilines is 1. The summed E-state index contributed by atoms with van der Waals surface area (Å²) in [5.41, 5.74) is 6.24. The Morgan fingerprint density at radius 2 is 2.17 bits per heavy atom. The number of nitrogens with one attached hydrogen (secondary N) is 2. The van der Waals surface area contributed by atoms with E-state index in [4.69, 9.17) is 10.5 Å². The smallest absolute Gasteiger partial charge is 0.298 e. The number of rotatable bonds is 4. The number of nitrogens with two attached hydrogens (primary N) is 1. The number of hydrogen-bond acceptors (Lipinski definition) is 4. The van der Waals surface area contributed by atoms with E-state index >= 15 is 0 Å². The molecule has 4 N–H and O–H groups in total. The maximum atomic E-state index is 11.4. The van der Waals surface area contributed by atoms with Gasteiger partial charge in [0.25, 0.3) is 10.2 Å². The van der Waals surface area contributed by atoms with Gasteiger partial charge < -0.3 is 10.5 Å². The number of ether oxygens (including phenoxy) is 1. The summed E-state index contributed by atoms with van der Waals surface area (Å²) in [6, 6.07) is 4.93. The van der Waals surface area contributed by atoms with Crippen LogP contribution < -0.4 is 19.9 Å². The molecule has 0 amide bonds. The molecular formula is C11H15N3O3S. The highest BCUT2D eigenvalue weighted by Gasteiger charge is 2.11. The largest absolute Gasteiger partial charge is 0.495 e. The molecule has 1 aromatic rings. The zero-order chi connectivity index (χ0) is 13.6. The minimum Gasteiger partial charge on any atom is -0.495 e. The number of methoxy groups -OCH3 is 1. The van der Waals surface area contributed by atoms with Gasteiger partial charge in [0.1, 0.15) is 5.75 Å². The highest BCUT2D eigenvalue weighted by Crippen LogP contribution is 2.25. The maximum absolute atomic E-state index is 11.4. The summed E-state index contributed by atoms with van der Waals surface area (Å²) in [5.74, 6) is 5.91. The summed E-state index contributed by atoms with van der Waals surface area (Å²) in [4.78, 5) is 0. The fraction of sp³-hybridized carbons (Fsp3) is 0.273. The third-order valence-corrected chi connectivity index (χ3v) is 3.07. The monoisotopic (exact) mass is 269 g/mol. The number of hydrogen-bond donors (Lipinski definition) is 3. The van der Waals surface area contributed by atoms with Gasteiger partial charge in [0.15, 0.2) is 0 Å². The van der Waals surface area contributed by atoms with Gasteiger partial charge in [-0.15, -0.1) is 0 Å². The molecule has 0 aromatic heterocycles. The SMILES string of the molecule is CNS(=O)(=O)Nc1cc(C#CCN)ccc1OC. The van der Waals surface area contributed by atoms with Crippen molar-refractivity contribution in [1.29, 1.82) is 0 Å². The van der Waals surface area contributed by atoms with Crippen molar-refractivity contribution in [3.05, 3.63) is 23.8 Å². The first-order chi connectivity index (χ1) is 8.52.